The maximum absolute atomic E-state index is 15.0. The zero-order chi connectivity index (χ0) is 33.8. The minimum Gasteiger partial charge on any atom is -0.453 e. The molecule has 0 aliphatic carbocycles. The van der Waals surface area contributed by atoms with Gasteiger partial charge in [0.25, 0.3) is 5.91 Å². The topological polar surface area (TPSA) is 160 Å². The normalized spacial score (nSPS) is 14.7. The third-order valence-corrected chi connectivity index (χ3v) is 8.03. The van der Waals surface area contributed by atoms with E-state index in [-0.39, 0.29) is 12.1 Å². The van der Waals surface area contributed by atoms with Crippen LogP contribution in [0.1, 0.15) is 45.3 Å². The monoisotopic (exact) mass is 669 g/mol. The molecule has 15 heteroatoms. The van der Waals surface area contributed by atoms with Gasteiger partial charge in [0.15, 0.2) is 0 Å². The summed E-state index contributed by atoms with van der Waals surface area (Å²) in [6, 6.07) is 14.1. The zero-order valence-corrected chi connectivity index (χ0v) is 26.5. The van der Waals surface area contributed by atoms with Crippen LogP contribution < -0.4 is 10.6 Å². The Hall–Kier alpha value is -5.89. The standard InChI is InChI=1S/C33H29ClFN9O4/c1-43-17-21-15-23(38-33(47)48-2)7-8-24(21)28-16-36-31(40-28)27(10-4-19-3-9-26(35)25(13-19)32(43)46)39-30(45)12-5-20-14-22(34)6-11-29(20)44-18-37-41-42-44/h3,5-9,11-16,18,27H,4,10,17H2,1-2H3,(H,36,40)(H,38,47)(H,39,45)/b12-5+/t27-/m0/s1. The van der Waals surface area contributed by atoms with E-state index in [2.05, 4.69) is 31.1 Å². The summed E-state index contributed by atoms with van der Waals surface area (Å²) in [6.45, 7) is 0.0812. The molecule has 0 saturated carbocycles. The Kier molecular flexibility index (Phi) is 9.25. The van der Waals surface area contributed by atoms with Crippen LogP contribution >= 0.6 is 11.6 Å². The van der Waals surface area contributed by atoms with Crippen molar-refractivity contribution in [1.29, 1.82) is 0 Å². The van der Waals surface area contributed by atoms with E-state index in [1.807, 2.05) is 0 Å². The summed E-state index contributed by atoms with van der Waals surface area (Å²) in [5.74, 6) is -1.06. The molecule has 48 heavy (non-hydrogen) atoms. The van der Waals surface area contributed by atoms with Crippen molar-refractivity contribution in [1.82, 2.24) is 40.4 Å². The first kappa shape index (κ1) is 32.1. The van der Waals surface area contributed by atoms with Crippen molar-refractivity contribution in [3.63, 3.8) is 0 Å². The zero-order valence-electron chi connectivity index (χ0n) is 25.8. The number of halogens is 2. The van der Waals surface area contributed by atoms with Gasteiger partial charge in [0, 0.05) is 47.7 Å². The van der Waals surface area contributed by atoms with Crippen LogP contribution in [0.5, 0.6) is 0 Å². The molecule has 4 bridgehead atoms. The summed E-state index contributed by atoms with van der Waals surface area (Å²) in [6.07, 6.45) is 6.27. The Morgan fingerprint density at radius 3 is 2.77 bits per heavy atom. The predicted octanol–water partition coefficient (Wildman–Crippen LogP) is 5.11. The molecule has 1 aliphatic heterocycles. The van der Waals surface area contributed by atoms with Crippen LogP contribution in [0.4, 0.5) is 14.9 Å². The van der Waals surface area contributed by atoms with Gasteiger partial charge in [0.1, 0.15) is 18.0 Å². The molecule has 0 fully saturated rings. The molecule has 3 heterocycles. The summed E-state index contributed by atoms with van der Waals surface area (Å²) in [5, 5.41) is 17.4. The summed E-state index contributed by atoms with van der Waals surface area (Å²) in [5.41, 5.74) is 4.16. The molecule has 0 radical (unpaired) electrons. The highest BCUT2D eigenvalue weighted by Crippen LogP contribution is 2.30. The van der Waals surface area contributed by atoms with Gasteiger partial charge in [-0.1, -0.05) is 23.7 Å². The predicted molar refractivity (Wildman–Crippen MR) is 175 cm³/mol. The van der Waals surface area contributed by atoms with Gasteiger partial charge in [-0.2, -0.15) is 4.68 Å². The number of ether oxygens (including phenoxy) is 1. The number of methoxy groups -OCH3 is 1. The van der Waals surface area contributed by atoms with E-state index < -0.39 is 29.8 Å². The third-order valence-electron chi connectivity index (χ3n) is 7.79. The minimum atomic E-state index is -0.657. The van der Waals surface area contributed by atoms with Crippen LogP contribution in [0.25, 0.3) is 23.0 Å². The number of aromatic amines is 1. The molecule has 1 aliphatic rings. The minimum absolute atomic E-state index is 0.0708. The summed E-state index contributed by atoms with van der Waals surface area (Å²) >= 11 is 6.23. The Morgan fingerprint density at radius 2 is 1.98 bits per heavy atom. The van der Waals surface area contributed by atoms with Crippen molar-refractivity contribution in [3.8, 4) is 16.9 Å². The van der Waals surface area contributed by atoms with Gasteiger partial charge < -0.3 is 19.9 Å². The summed E-state index contributed by atoms with van der Waals surface area (Å²) in [7, 11) is 2.83. The van der Waals surface area contributed by atoms with Gasteiger partial charge in [-0.15, -0.1) is 5.10 Å². The lowest BCUT2D eigenvalue weighted by Crippen LogP contribution is -2.29. The van der Waals surface area contributed by atoms with Crippen molar-refractivity contribution in [2.24, 2.45) is 0 Å². The number of anilines is 1. The number of benzene rings is 3. The SMILES string of the molecule is COC(=O)Nc1ccc2c(c1)CN(C)C(=O)c1cc(ccc1F)CC[C@H](NC(=O)/C=C/c1cc(Cl)ccc1-n1cnnn1)c1nc-2c[nH]1. The number of carbonyl (C=O) groups excluding carboxylic acids is 3. The summed E-state index contributed by atoms with van der Waals surface area (Å²) in [4.78, 5) is 48.1. The van der Waals surface area contributed by atoms with Crippen LogP contribution in [0.3, 0.4) is 0 Å². The lowest BCUT2D eigenvalue weighted by atomic mass is 10.00. The highest BCUT2D eigenvalue weighted by molar-refractivity contribution is 6.30. The van der Waals surface area contributed by atoms with Gasteiger partial charge in [0.05, 0.1) is 30.1 Å². The molecule has 1 atom stereocenters. The number of hydrogen-bond acceptors (Lipinski definition) is 8. The molecule has 0 spiro atoms. The highest BCUT2D eigenvalue weighted by atomic mass is 35.5. The number of imidazole rings is 1. The van der Waals surface area contributed by atoms with Crippen LogP contribution in [0, 0.1) is 5.82 Å². The molecule has 244 valence electrons. The molecule has 3 N–H and O–H groups in total. The van der Waals surface area contributed by atoms with Gasteiger partial charge in [-0.3, -0.25) is 14.9 Å². The van der Waals surface area contributed by atoms with Crippen LogP contribution in [0.2, 0.25) is 5.02 Å². The number of amides is 3. The number of tetrazole rings is 1. The number of nitrogens with one attached hydrogen (secondary N) is 3. The van der Waals surface area contributed by atoms with Gasteiger partial charge in [0.2, 0.25) is 5.91 Å². The Labute approximate surface area is 278 Å². The second-order valence-electron chi connectivity index (χ2n) is 11.0. The fourth-order valence-electron chi connectivity index (χ4n) is 5.41. The number of hydrogen-bond donors (Lipinski definition) is 3. The number of aromatic nitrogens is 6. The molecule has 2 aromatic heterocycles. The van der Waals surface area contributed by atoms with E-state index in [0.29, 0.717) is 63.0 Å². The lowest BCUT2D eigenvalue weighted by Gasteiger charge is -2.21. The average Bonchev–Trinajstić information content (AvgIpc) is 3.79. The smallest absolute Gasteiger partial charge is 0.411 e. The molecule has 3 aromatic carbocycles. The largest absolute Gasteiger partial charge is 0.453 e. The lowest BCUT2D eigenvalue weighted by molar-refractivity contribution is -0.117. The van der Waals surface area contributed by atoms with Gasteiger partial charge in [-0.25, -0.2) is 14.2 Å². The maximum atomic E-state index is 15.0. The van der Waals surface area contributed by atoms with Crippen molar-refractivity contribution in [3.05, 3.63) is 112 Å². The molecule has 5 aromatic rings. The van der Waals surface area contributed by atoms with E-state index in [0.717, 1.165) is 0 Å². The van der Waals surface area contributed by atoms with E-state index in [4.69, 9.17) is 21.3 Å². The Bertz CT molecular complexity index is 2030. The van der Waals surface area contributed by atoms with Gasteiger partial charge >= 0.3 is 6.09 Å². The number of carbonyl (C=O) groups is 3. The van der Waals surface area contributed by atoms with E-state index in [9.17, 15) is 18.8 Å². The van der Waals surface area contributed by atoms with Crippen molar-refractivity contribution in [2.45, 2.75) is 25.4 Å². The van der Waals surface area contributed by atoms with Crippen LogP contribution in [-0.4, -0.2) is 67.1 Å². The van der Waals surface area contributed by atoms with Gasteiger partial charge in [-0.05, 0) is 82.9 Å². The Balaban J connectivity index is 1.35. The average molecular weight is 670 g/mol. The van der Waals surface area contributed by atoms with Crippen LogP contribution in [-0.2, 0) is 22.5 Å². The molecular weight excluding hydrogens is 641 g/mol. The maximum Gasteiger partial charge on any atom is 0.411 e. The number of H-pyrrole nitrogens is 1. The first-order valence-electron chi connectivity index (χ1n) is 14.8. The number of fused-ring (bicyclic) bond motifs is 6. The van der Waals surface area contributed by atoms with E-state index in [1.165, 1.54) is 41.2 Å². The molecular formula is C33H29ClFN9O4. The first-order valence-corrected chi connectivity index (χ1v) is 15.1. The third kappa shape index (κ3) is 7.08. The number of aryl methyl sites for hydroxylation is 1. The second kappa shape index (κ2) is 13.8. The molecule has 13 nitrogen and oxygen atoms in total. The Morgan fingerprint density at radius 1 is 1.12 bits per heavy atom. The van der Waals surface area contributed by atoms with Crippen LogP contribution in [0.15, 0.2) is 73.2 Å². The fraction of sp³-hybridized carbons (Fsp3) is 0.182. The quantitative estimate of drug-likeness (QED) is 0.218. The van der Waals surface area contributed by atoms with Crippen molar-refractivity contribution in [2.75, 3.05) is 19.5 Å². The van der Waals surface area contributed by atoms with E-state index >= 15 is 0 Å². The highest BCUT2D eigenvalue weighted by Gasteiger charge is 2.23. The number of nitrogens with zero attached hydrogens (tertiary/aromatic N) is 6. The molecule has 0 unspecified atom stereocenters. The molecule has 0 saturated heterocycles. The van der Waals surface area contributed by atoms with Crippen molar-refractivity contribution >= 4 is 41.3 Å². The van der Waals surface area contributed by atoms with Crippen molar-refractivity contribution < 1.29 is 23.5 Å². The molecule has 3 amide bonds. The first-order chi connectivity index (χ1) is 23.2. The molecule has 6 rings (SSSR count). The number of rotatable bonds is 5. The summed E-state index contributed by atoms with van der Waals surface area (Å²) < 4.78 is 21.1. The fourth-order valence-corrected chi connectivity index (χ4v) is 5.59. The second-order valence-corrected chi connectivity index (χ2v) is 11.5. The van der Waals surface area contributed by atoms with E-state index in [1.54, 1.807) is 61.8 Å².